The van der Waals surface area contributed by atoms with Crippen LogP contribution in [0.3, 0.4) is 0 Å². The number of aryl methyl sites for hydroxylation is 1. The van der Waals surface area contributed by atoms with Gasteiger partial charge < -0.3 is 15.0 Å². The number of hydrogen-bond acceptors (Lipinski definition) is 4. The lowest BCUT2D eigenvalue weighted by Crippen LogP contribution is -2.44. The van der Waals surface area contributed by atoms with Crippen LogP contribution in [-0.4, -0.2) is 46.2 Å². The molecule has 7 nitrogen and oxygen atoms in total. The maximum atomic E-state index is 13.8. The molecular formula is C27H31FN4O3. The molecule has 1 fully saturated rings. The van der Waals surface area contributed by atoms with E-state index in [1.165, 1.54) is 13.2 Å². The van der Waals surface area contributed by atoms with E-state index in [4.69, 9.17) is 4.74 Å². The van der Waals surface area contributed by atoms with Gasteiger partial charge in [-0.25, -0.2) is 9.07 Å². The first-order chi connectivity index (χ1) is 16.8. The Labute approximate surface area is 204 Å². The number of benzene rings is 2. The van der Waals surface area contributed by atoms with Gasteiger partial charge in [-0.2, -0.15) is 5.10 Å². The Morgan fingerprint density at radius 2 is 2.06 bits per heavy atom. The van der Waals surface area contributed by atoms with E-state index in [-0.39, 0.29) is 17.6 Å². The molecule has 184 valence electrons. The van der Waals surface area contributed by atoms with Gasteiger partial charge in [0.2, 0.25) is 11.8 Å². The van der Waals surface area contributed by atoms with Crippen LogP contribution >= 0.6 is 0 Å². The lowest BCUT2D eigenvalue weighted by Gasteiger charge is -2.30. The van der Waals surface area contributed by atoms with Gasteiger partial charge in [-0.1, -0.05) is 24.3 Å². The van der Waals surface area contributed by atoms with E-state index >= 15 is 0 Å². The molecule has 1 aliphatic rings. The average Bonchev–Trinajstić information content (AvgIpc) is 3.45. The summed E-state index contributed by atoms with van der Waals surface area (Å²) in [6.45, 7) is 2.48. The zero-order chi connectivity index (χ0) is 25.0. The summed E-state index contributed by atoms with van der Waals surface area (Å²) in [7, 11) is 3.20. The molecule has 2 amide bonds. The van der Waals surface area contributed by atoms with Gasteiger partial charge in [0, 0.05) is 43.7 Å². The molecular weight excluding hydrogens is 447 g/mol. The Morgan fingerprint density at radius 3 is 2.77 bits per heavy atom. The van der Waals surface area contributed by atoms with Crippen LogP contribution in [0.5, 0.6) is 5.75 Å². The Balaban J connectivity index is 1.39. The zero-order valence-electron chi connectivity index (χ0n) is 20.4. The highest BCUT2D eigenvalue weighted by atomic mass is 19.1. The predicted octanol–water partition coefficient (Wildman–Crippen LogP) is 3.96. The maximum Gasteiger partial charge on any atom is 0.222 e. The smallest absolute Gasteiger partial charge is 0.222 e. The molecule has 0 aliphatic carbocycles. The summed E-state index contributed by atoms with van der Waals surface area (Å²) in [6.07, 6.45) is 6.07. The number of rotatable bonds is 9. The van der Waals surface area contributed by atoms with E-state index in [1.807, 2.05) is 42.1 Å². The Bertz CT molecular complexity index is 1220. The van der Waals surface area contributed by atoms with E-state index in [2.05, 4.69) is 10.4 Å². The predicted molar refractivity (Wildman–Crippen MR) is 131 cm³/mol. The number of carbonyl (C=O) groups excluding carboxylic acids is 2. The SMILES string of the molecule is COc1cc(C[C@]2(CCC(=O)N(C)Cc3cnn(-c4ccccc4C)c3)CCC(=O)N2)ccc1F. The first-order valence-corrected chi connectivity index (χ1v) is 11.8. The standard InChI is InChI=1S/C27H31FN4O3/c1-19-6-4-5-7-23(19)32-18-21(16-29-32)17-31(2)26(34)11-13-27(12-10-25(33)30-27)15-20-8-9-22(28)24(14-20)35-3/h4-9,14,16,18H,10-13,15,17H2,1-3H3,(H,30,33)/t27-/m1/s1. The molecule has 35 heavy (non-hydrogen) atoms. The monoisotopic (exact) mass is 478 g/mol. The number of methoxy groups -OCH3 is 1. The van der Waals surface area contributed by atoms with Crippen molar-refractivity contribution in [2.24, 2.45) is 0 Å². The van der Waals surface area contributed by atoms with E-state index in [0.717, 1.165) is 22.4 Å². The summed E-state index contributed by atoms with van der Waals surface area (Å²) in [6, 6.07) is 12.7. The van der Waals surface area contributed by atoms with Crippen LogP contribution in [0.2, 0.25) is 0 Å². The molecule has 1 aliphatic heterocycles. The lowest BCUT2D eigenvalue weighted by molar-refractivity contribution is -0.131. The van der Waals surface area contributed by atoms with Crippen molar-refractivity contribution < 1.29 is 18.7 Å². The number of halogens is 1. The van der Waals surface area contributed by atoms with Crippen LogP contribution in [0.4, 0.5) is 4.39 Å². The fourth-order valence-electron chi connectivity index (χ4n) is 4.68. The Morgan fingerprint density at radius 1 is 1.26 bits per heavy atom. The second kappa shape index (κ2) is 10.3. The summed E-state index contributed by atoms with van der Waals surface area (Å²) in [5.74, 6) is -0.290. The fourth-order valence-corrected chi connectivity index (χ4v) is 4.68. The van der Waals surface area contributed by atoms with Gasteiger partial charge in [0.1, 0.15) is 0 Å². The minimum atomic E-state index is -0.536. The van der Waals surface area contributed by atoms with Crippen molar-refractivity contribution in [3.8, 4) is 11.4 Å². The molecule has 1 N–H and O–H groups in total. The largest absolute Gasteiger partial charge is 0.494 e. The van der Waals surface area contributed by atoms with Gasteiger partial charge in [0.25, 0.3) is 0 Å². The van der Waals surface area contributed by atoms with Crippen molar-refractivity contribution in [2.45, 2.75) is 51.1 Å². The van der Waals surface area contributed by atoms with Gasteiger partial charge >= 0.3 is 0 Å². The molecule has 2 aromatic carbocycles. The van der Waals surface area contributed by atoms with Crippen LogP contribution in [0.1, 0.15) is 42.4 Å². The number of para-hydroxylation sites is 1. The molecule has 0 unspecified atom stereocenters. The van der Waals surface area contributed by atoms with Crippen molar-refractivity contribution in [3.63, 3.8) is 0 Å². The summed E-state index contributed by atoms with van der Waals surface area (Å²) < 4.78 is 20.7. The first-order valence-electron chi connectivity index (χ1n) is 11.8. The highest BCUT2D eigenvalue weighted by Gasteiger charge is 2.38. The van der Waals surface area contributed by atoms with Gasteiger partial charge in [-0.05, 0) is 55.5 Å². The highest BCUT2D eigenvalue weighted by molar-refractivity contribution is 5.80. The molecule has 1 aromatic heterocycles. The molecule has 8 heteroatoms. The summed E-state index contributed by atoms with van der Waals surface area (Å²) in [4.78, 5) is 26.7. The van der Waals surface area contributed by atoms with Crippen molar-refractivity contribution in [1.29, 1.82) is 0 Å². The molecule has 1 atom stereocenters. The molecule has 0 radical (unpaired) electrons. The van der Waals surface area contributed by atoms with Crippen LogP contribution in [0.15, 0.2) is 54.9 Å². The zero-order valence-corrected chi connectivity index (χ0v) is 20.4. The first kappa shape index (κ1) is 24.4. The second-order valence-corrected chi connectivity index (χ2v) is 9.30. The molecule has 1 saturated heterocycles. The van der Waals surface area contributed by atoms with E-state index in [1.54, 1.807) is 30.3 Å². The van der Waals surface area contributed by atoms with E-state index in [9.17, 15) is 14.0 Å². The molecule has 3 aromatic rings. The van der Waals surface area contributed by atoms with E-state index in [0.29, 0.717) is 38.6 Å². The van der Waals surface area contributed by atoms with Crippen molar-refractivity contribution in [3.05, 3.63) is 77.4 Å². The molecule has 2 heterocycles. The average molecular weight is 479 g/mol. The Kier molecular flexibility index (Phi) is 7.19. The van der Waals surface area contributed by atoms with Crippen LogP contribution in [-0.2, 0) is 22.6 Å². The Hall–Kier alpha value is -3.68. The quantitative estimate of drug-likeness (QED) is 0.505. The van der Waals surface area contributed by atoms with Crippen molar-refractivity contribution >= 4 is 11.8 Å². The van der Waals surface area contributed by atoms with Crippen LogP contribution < -0.4 is 10.1 Å². The number of nitrogens with zero attached hydrogens (tertiary/aromatic N) is 3. The number of carbonyl (C=O) groups is 2. The third kappa shape index (κ3) is 5.70. The van der Waals surface area contributed by atoms with Crippen LogP contribution in [0.25, 0.3) is 5.69 Å². The number of ether oxygens (including phenoxy) is 1. The molecule has 0 bridgehead atoms. The lowest BCUT2D eigenvalue weighted by atomic mass is 9.84. The van der Waals surface area contributed by atoms with E-state index < -0.39 is 11.4 Å². The summed E-state index contributed by atoms with van der Waals surface area (Å²) in [5, 5.41) is 7.53. The number of hydrogen-bond donors (Lipinski definition) is 1. The normalized spacial score (nSPS) is 17.3. The minimum absolute atomic E-state index is 0.00847. The van der Waals surface area contributed by atoms with Gasteiger partial charge in [-0.3, -0.25) is 9.59 Å². The molecule has 4 rings (SSSR count). The number of amides is 2. The highest BCUT2D eigenvalue weighted by Crippen LogP contribution is 2.31. The van der Waals surface area contributed by atoms with Crippen molar-refractivity contribution in [2.75, 3.05) is 14.2 Å². The minimum Gasteiger partial charge on any atom is -0.494 e. The fraction of sp³-hybridized carbons (Fsp3) is 0.370. The van der Waals surface area contributed by atoms with Gasteiger partial charge in [0.05, 0.1) is 19.0 Å². The molecule has 0 saturated carbocycles. The summed E-state index contributed by atoms with van der Waals surface area (Å²) >= 11 is 0. The number of nitrogens with one attached hydrogen (secondary N) is 1. The van der Waals surface area contributed by atoms with Gasteiger partial charge in [0.15, 0.2) is 11.6 Å². The number of aromatic nitrogens is 2. The molecule has 0 spiro atoms. The maximum absolute atomic E-state index is 13.8. The van der Waals surface area contributed by atoms with Crippen LogP contribution in [0, 0.1) is 12.7 Å². The van der Waals surface area contributed by atoms with Crippen molar-refractivity contribution in [1.82, 2.24) is 20.0 Å². The summed E-state index contributed by atoms with van der Waals surface area (Å²) in [5.41, 5.74) is 3.38. The topological polar surface area (TPSA) is 76.5 Å². The second-order valence-electron chi connectivity index (χ2n) is 9.30. The third-order valence-corrected chi connectivity index (χ3v) is 6.65. The van der Waals surface area contributed by atoms with Gasteiger partial charge in [-0.15, -0.1) is 0 Å². The third-order valence-electron chi connectivity index (χ3n) is 6.65.